The zero-order valence-corrected chi connectivity index (χ0v) is 6.47. The summed E-state index contributed by atoms with van der Waals surface area (Å²) in [4.78, 5) is 0. The Morgan fingerprint density at radius 2 is 2.11 bits per heavy atom. The minimum absolute atomic E-state index is 0. The van der Waals surface area contributed by atoms with Crippen LogP contribution in [0, 0.1) is 0 Å². The molecule has 3 nitrogen and oxygen atoms in total. The third kappa shape index (κ3) is 3.27. The van der Waals surface area contributed by atoms with E-state index in [4.69, 9.17) is 10.2 Å². The van der Waals surface area contributed by atoms with Gasteiger partial charge in [-0.25, -0.2) is 0 Å². The lowest BCUT2D eigenvalue weighted by Gasteiger charge is -2.25. The highest BCUT2D eigenvalue weighted by molar-refractivity contribution is 8.00. The van der Waals surface area contributed by atoms with Crippen molar-refractivity contribution in [3.05, 3.63) is 0 Å². The number of halogens is 1. The molecule has 9 heavy (non-hydrogen) atoms. The highest BCUT2D eigenvalue weighted by Crippen LogP contribution is 2.19. The summed E-state index contributed by atoms with van der Waals surface area (Å²) >= 11 is 1.17. The lowest BCUT2D eigenvalue weighted by Crippen LogP contribution is -2.43. The fraction of sp³-hybridized carbons (Fsp3) is 1.00. The summed E-state index contributed by atoms with van der Waals surface area (Å²) in [7, 11) is 0. The molecule has 0 amide bonds. The minimum atomic E-state index is -1.52. The van der Waals surface area contributed by atoms with E-state index < -0.39 is 5.12 Å². The van der Waals surface area contributed by atoms with E-state index in [1.54, 1.807) is 0 Å². The van der Waals surface area contributed by atoms with E-state index in [9.17, 15) is 0 Å². The van der Waals surface area contributed by atoms with Gasteiger partial charge >= 0.3 is 0 Å². The average molecular weight is 172 g/mol. The van der Waals surface area contributed by atoms with E-state index >= 15 is 0 Å². The van der Waals surface area contributed by atoms with Crippen LogP contribution in [0.5, 0.6) is 0 Å². The van der Waals surface area contributed by atoms with Gasteiger partial charge in [0.1, 0.15) is 0 Å². The summed E-state index contributed by atoms with van der Waals surface area (Å²) in [6, 6.07) is 0. The minimum Gasteiger partial charge on any atom is -0.356 e. The van der Waals surface area contributed by atoms with Crippen molar-refractivity contribution >= 4 is 24.2 Å². The van der Waals surface area contributed by atoms with Crippen molar-refractivity contribution in [3.8, 4) is 0 Å². The molecule has 0 aromatic carbocycles. The van der Waals surface area contributed by atoms with Crippen molar-refractivity contribution < 1.29 is 10.2 Å². The lowest BCUT2D eigenvalue weighted by atomic mass is 10.5. The smallest absolute Gasteiger partial charge is 0.226 e. The van der Waals surface area contributed by atoms with Crippen molar-refractivity contribution in [2.45, 2.75) is 5.12 Å². The molecule has 1 fully saturated rings. The number of nitrogens with one attached hydrogen (secondary N) is 1. The van der Waals surface area contributed by atoms with Crippen molar-refractivity contribution in [1.29, 1.82) is 0 Å². The van der Waals surface area contributed by atoms with Crippen LogP contribution < -0.4 is 5.32 Å². The number of β-amino-alcohol motifs (C(OH)–C–C–N with tert-alkyl or cyclic N) is 2. The van der Waals surface area contributed by atoms with E-state index in [0.29, 0.717) is 0 Å². The van der Waals surface area contributed by atoms with E-state index in [-0.39, 0.29) is 19.0 Å². The number of hydrogen-bond donors (Lipinski definition) is 3. The van der Waals surface area contributed by atoms with Gasteiger partial charge in [0.25, 0.3) is 0 Å². The summed E-state index contributed by atoms with van der Waals surface area (Å²) in [5, 5.41) is 19.0. The second-order valence-electron chi connectivity index (χ2n) is 1.77. The summed E-state index contributed by atoms with van der Waals surface area (Å²) < 4.78 is 0. The van der Waals surface area contributed by atoms with Crippen LogP contribution in [0.25, 0.3) is 0 Å². The molecule has 1 saturated heterocycles. The molecule has 0 bridgehead atoms. The number of rotatable bonds is 0. The maximum absolute atomic E-state index is 8.83. The first-order valence-corrected chi connectivity index (χ1v) is 3.49. The average Bonchev–Trinajstić information content (AvgIpc) is 1.65. The molecule has 0 spiro atoms. The van der Waals surface area contributed by atoms with Gasteiger partial charge in [-0.1, -0.05) is 11.8 Å². The molecule has 0 radical (unpaired) electrons. The Hall–Kier alpha value is 0.520. The molecule has 1 aliphatic heterocycles. The molecule has 0 aromatic heterocycles. The maximum Gasteiger partial charge on any atom is 0.226 e. The molecule has 5 heteroatoms. The molecule has 0 aliphatic carbocycles. The molecule has 1 heterocycles. The molecule has 1 aliphatic rings. The standard InChI is InChI=1S/C4H9NO2S.ClH/c6-4(7)3-5-1-2-8-4;/h5-7H,1-3H2;1H. The molecule has 0 saturated carbocycles. The predicted octanol–water partition coefficient (Wildman–Crippen LogP) is -0.617. The molecule has 0 aromatic rings. The Morgan fingerprint density at radius 3 is 2.33 bits per heavy atom. The van der Waals surface area contributed by atoms with Gasteiger partial charge in [0.05, 0.1) is 6.54 Å². The van der Waals surface area contributed by atoms with Crippen LogP contribution >= 0.6 is 24.2 Å². The fourth-order valence-electron chi connectivity index (χ4n) is 0.589. The Morgan fingerprint density at radius 1 is 1.44 bits per heavy atom. The number of thioether (sulfide) groups is 1. The van der Waals surface area contributed by atoms with Gasteiger partial charge in [0.2, 0.25) is 5.12 Å². The predicted molar refractivity (Wildman–Crippen MR) is 39.7 cm³/mol. The topological polar surface area (TPSA) is 52.5 Å². The summed E-state index contributed by atoms with van der Waals surface area (Å²) in [6.45, 7) is 1.14. The highest BCUT2D eigenvalue weighted by Gasteiger charge is 2.25. The molecule has 0 atom stereocenters. The molecule has 56 valence electrons. The van der Waals surface area contributed by atoms with Gasteiger partial charge < -0.3 is 15.5 Å². The van der Waals surface area contributed by atoms with Crippen LogP contribution in [0.3, 0.4) is 0 Å². The Labute approximate surface area is 64.2 Å². The summed E-state index contributed by atoms with van der Waals surface area (Å²) in [6.07, 6.45) is 0. The van der Waals surface area contributed by atoms with Crippen LogP contribution in [-0.2, 0) is 0 Å². The van der Waals surface area contributed by atoms with Gasteiger partial charge in [0.15, 0.2) is 0 Å². The fourth-order valence-corrected chi connectivity index (χ4v) is 1.37. The zero-order chi connectivity index (χ0) is 6.04. The number of hydrogen-bond acceptors (Lipinski definition) is 4. The van der Waals surface area contributed by atoms with Gasteiger partial charge in [0, 0.05) is 12.3 Å². The van der Waals surface area contributed by atoms with E-state index in [2.05, 4.69) is 5.32 Å². The zero-order valence-electron chi connectivity index (χ0n) is 4.83. The summed E-state index contributed by atoms with van der Waals surface area (Å²) in [5.74, 6) is 0.771. The molecular formula is C4H10ClNO2S. The van der Waals surface area contributed by atoms with Crippen molar-refractivity contribution in [2.24, 2.45) is 0 Å². The van der Waals surface area contributed by atoms with Crippen LogP contribution in [-0.4, -0.2) is 34.2 Å². The third-order valence-electron chi connectivity index (χ3n) is 0.967. The first-order chi connectivity index (χ1) is 3.71. The van der Waals surface area contributed by atoms with Gasteiger partial charge in [-0.05, 0) is 0 Å². The monoisotopic (exact) mass is 171 g/mol. The van der Waals surface area contributed by atoms with Crippen LogP contribution in [0.4, 0.5) is 0 Å². The van der Waals surface area contributed by atoms with Gasteiger partial charge in [-0.15, -0.1) is 12.4 Å². The molecule has 1 rings (SSSR count). The number of aliphatic hydroxyl groups is 2. The Kier molecular flexibility index (Phi) is 3.84. The molecular weight excluding hydrogens is 162 g/mol. The second-order valence-corrected chi connectivity index (χ2v) is 3.12. The van der Waals surface area contributed by atoms with Crippen LogP contribution in [0.15, 0.2) is 0 Å². The first kappa shape index (κ1) is 9.52. The third-order valence-corrected chi connectivity index (χ3v) is 1.98. The summed E-state index contributed by atoms with van der Waals surface area (Å²) in [5.41, 5.74) is 0. The Balaban J connectivity index is 0.000000640. The van der Waals surface area contributed by atoms with Crippen LogP contribution in [0.2, 0.25) is 0 Å². The lowest BCUT2D eigenvalue weighted by molar-refractivity contribution is -0.0749. The van der Waals surface area contributed by atoms with E-state index in [0.717, 1.165) is 12.3 Å². The first-order valence-electron chi connectivity index (χ1n) is 2.50. The van der Waals surface area contributed by atoms with Crippen molar-refractivity contribution in [2.75, 3.05) is 18.8 Å². The van der Waals surface area contributed by atoms with Gasteiger partial charge in [-0.3, -0.25) is 0 Å². The Bertz CT molecular complexity index is 82.6. The van der Waals surface area contributed by atoms with E-state index in [1.165, 1.54) is 11.8 Å². The second kappa shape index (κ2) is 3.63. The van der Waals surface area contributed by atoms with E-state index in [1.807, 2.05) is 0 Å². The SMILES string of the molecule is Cl.OC1(O)CNCCS1. The quantitative estimate of drug-likeness (QED) is 0.426. The highest BCUT2D eigenvalue weighted by atomic mass is 35.5. The largest absolute Gasteiger partial charge is 0.356 e. The van der Waals surface area contributed by atoms with Gasteiger partial charge in [-0.2, -0.15) is 0 Å². The normalized spacial score (nSPS) is 24.7. The maximum atomic E-state index is 8.83. The van der Waals surface area contributed by atoms with Crippen molar-refractivity contribution in [1.82, 2.24) is 5.32 Å². The molecule has 3 N–H and O–H groups in total. The van der Waals surface area contributed by atoms with Crippen molar-refractivity contribution in [3.63, 3.8) is 0 Å². The molecule has 0 unspecified atom stereocenters. The van der Waals surface area contributed by atoms with Crippen LogP contribution in [0.1, 0.15) is 0 Å².